The van der Waals surface area contributed by atoms with Crippen LogP contribution in [-0.4, -0.2) is 40.3 Å². The smallest absolute Gasteiger partial charge is 0.125 e. The normalized spacial score (nSPS) is 31.2. The number of hydrogen-bond donors (Lipinski definition) is 0. The number of ether oxygens (including phenoxy) is 2. The van der Waals surface area contributed by atoms with Crippen LogP contribution >= 0.6 is 0 Å². The fraction of sp³-hybridized carbons (Fsp3) is 0.667. The zero-order chi connectivity index (χ0) is 17.9. The summed E-state index contributed by atoms with van der Waals surface area (Å²) in [5, 5.41) is 1.40. The maximum absolute atomic E-state index is 12.2. The van der Waals surface area contributed by atoms with Gasteiger partial charge in [-0.2, -0.15) is 0 Å². The first kappa shape index (κ1) is 18.8. The fourth-order valence-electron chi connectivity index (χ4n) is 5.19. The lowest BCUT2D eigenvalue weighted by Gasteiger charge is -2.36. The number of rotatable bonds is 6. The summed E-state index contributed by atoms with van der Waals surface area (Å²) in [6, 6.07) is 10.7. The molecule has 0 bridgehead atoms. The minimum absolute atomic E-state index is 0.00474. The van der Waals surface area contributed by atoms with Crippen molar-refractivity contribution in [2.24, 2.45) is 11.8 Å². The second kappa shape index (κ2) is 8.15. The van der Waals surface area contributed by atoms with Crippen molar-refractivity contribution in [2.75, 3.05) is 13.7 Å². The van der Waals surface area contributed by atoms with Crippen LogP contribution in [0.4, 0.5) is 0 Å². The van der Waals surface area contributed by atoms with Gasteiger partial charge < -0.3 is 14.3 Å². The fourth-order valence-corrected chi connectivity index (χ4v) is 8.96. The van der Waals surface area contributed by atoms with Crippen molar-refractivity contribution < 1.29 is 14.3 Å². The third-order valence-corrected chi connectivity index (χ3v) is 10.7. The predicted molar refractivity (Wildman–Crippen MR) is 104 cm³/mol. The first-order chi connectivity index (χ1) is 12.1. The highest BCUT2D eigenvalue weighted by Crippen LogP contribution is 2.47. The van der Waals surface area contributed by atoms with E-state index in [1.54, 1.807) is 7.11 Å². The van der Waals surface area contributed by atoms with Crippen molar-refractivity contribution in [3.05, 3.63) is 30.3 Å². The van der Waals surface area contributed by atoms with Crippen LogP contribution in [0.5, 0.6) is 0 Å². The molecule has 0 spiro atoms. The van der Waals surface area contributed by atoms with Gasteiger partial charge >= 0.3 is 0 Å². The maximum Gasteiger partial charge on any atom is 0.125 e. The molecule has 138 valence electrons. The molecule has 1 saturated carbocycles. The van der Waals surface area contributed by atoms with Gasteiger partial charge in [0, 0.05) is 13.0 Å². The van der Waals surface area contributed by atoms with Gasteiger partial charge in [0.15, 0.2) is 0 Å². The Hall–Kier alpha value is -0.973. The lowest BCUT2D eigenvalue weighted by molar-refractivity contribution is -0.114. The molecule has 0 aromatic heterocycles. The van der Waals surface area contributed by atoms with E-state index in [1.807, 2.05) is 0 Å². The van der Waals surface area contributed by atoms with Crippen LogP contribution in [0.1, 0.15) is 32.1 Å². The molecule has 1 heterocycles. The molecule has 2 fully saturated rings. The first-order valence-corrected chi connectivity index (χ1v) is 12.8. The summed E-state index contributed by atoms with van der Waals surface area (Å²) in [7, 11) is -0.135. The minimum atomic E-state index is -1.87. The number of aldehydes is 1. The Labute approximate surface area is 153 Å². The largest absolute Gasteiger partial charge is 0.382 e. The van der Waals surface area contributed by atoms with Crippen LogP contribution in [0.3, 0.4) is 0 Å². The number of hydrogen-bond acceptors (Lipinski definition) is 3. The van der Waals surface area contributed by atoms with Crippen LogP contribution < -0.4 is 5.19 Å². The Morgan fingerprint density at radius 1 is 1.16 bits per heavy atom. The topological polar surface area (TPSA) is 35.5 Å². The number of benzene rings is 1. The van der Waals surface area contributed by atoms with Crippen LogP contribution in [0.15, 0.2) is 30.3 Å². The van der Waals surface area contributed by atoms with Gasteiger partial charge in [-0.25, -0.2) is 0 Å². The second-order valence-corrected chi connectivity index (χ2v) is 13.0. The van der Waals surface area contributed by atoms with Gasteiger partial charge in [-0.05, 0) is 24.3 Å². The Kier molecular flexibility index (Phi) is 6.13. The van der Waals surface area contributed by atoms with Gasteiger partial charge in [0.05, 0.1) is 26.9 Å². The minimum Gasteiger partial charge on any atom is -0.382 e. The summed E-state index contributed by atoms with van der Waals surface area (Å²) in [6.07, 6.45) is 7.60. The van der Waals surface area contributed by atoms with Crippen molar-refractivity contribution >= 4 is 19.5 Å². The van der Waals surface area contributed by atoms with Crippen LogP contribution in [0.25, 0.3) is 0 Å². The highest BCUT2D eigenvalue weighted by atomic mass is 28.3. The summed E-state index contributed by atoms with van der Waals surface area (Å²) in [5.74, 6) is 0.541. The van der Waals surface area contributed by atoms with Crippen molar-refractivity contribution in [3.8, 4) is 0 Å². The SMILES string of the molecule is COC[C@@H]1O[C@H](C2CCCCC2)[C@H](C=O)[C@H]1[Si](C)(C)c1ccccc1. The Morgan fingerprint density at radius 3 is 2.44 bits per heavy atom. The van der Waals surface area contributed by atoms with E-state index in [-0.39, 0.29) is 23.7 Å². The highest BCUT2D eigenvalue weighted by molar-refractivity contribution is 6.91. The van der Waals surface area contributed by atoms with Crippen LogP contribution in [0, 0.1) is 11.8 Å². The molecular weight excluding hydrogens is 328 g/mol. The van der Waals surface area contributed by atoms with Crippen LogP contribution in [0.2, 0.25) is 18.6 Å². The molecule has 1 aromatic rings. The molecule has 0 radical (unpaired) electrons. The average Bonchev–Trinajstić information content (AvgIpc) is 3.02. The average molecular weight is 361 g/mol. The lowest BCUT2D eigenvalue weighted by atomic mass is 9.80. The monoisotopic (exact) mass is 360 g/mol. The third-order valence-electron chi connectivity index (χ3n) is 6.48. The van der Waals surface area contributed by atoms with Gasteiger partial charge in [-0.3, -0.25) is 0 Å². The molecule has 3 nitrogen and oxygen atoms in total. The van der Waals surface area contributed by atoms with Gasteiger partial charge in [0.25, 0.3) is 0 Å². The predicted octanol–water partition coefficient (Wildman–Crippen LogP) is 3.78. The van der Waals surface area contributed by atoms with Crippen molar-refractivity contribution in [2.45, 2.75) is 62.9 Å². The van der Waals surface area contributed by atoms with Crippen molar-refractivity contribution in [3.63, 3.8) is 0 Å². The first-order valence-electron chi connectivity index (χ1n) is 9.74. The number of methoxy groups -OCH3 is 1. The Bertz CT molecular complexity index is 554. The molecule has 4 atom stereocenters. The number of carbonyl (C=O) groups excluding carboxylic acids is 1. The van der Waals surface area contributed by atoms with E-state index >= 15 is 0 Å². The van der Waals surface area contributed by atoms with E-state index in [4.69, 9.17) is 9.47 Å². The molecule has 25 heavy (non-hydrogen) atoms. The molecule has 0 amide bonds. The summed E-state index contributed by atoms with van der Waals surface area (Å²) in [4.78, 5) is 12.2. The Balaban J connectivity index is 1.92. The standard InChI is InChI=1S/C21H32O3Si/c1-23-15-19-21(25(2,3)17-12-8-5-9-13-17)18(14-22)20(24-19)16-10-6-4-7-11-16/h5,8-9,12-14,16,18-21H,4,6-7,10-11,15H2,1-3H3/t18-,19-,20+,21+/m0/s1. The zero-order valence-electron chi connectivity index (χ0n) is 15.8. The summed E-state index contributed by atoms with van der Waals surface area (Å²) < 4.78 is 12.0. The molecule has 1 aromatic carbocycles. The van der Waals surface area contributed by atoms with Gasteiger partial charge in [-0.15, -0.1) is 0 Å². The quantitative estimate of drug-likeness (QED) is 0.572. The van der Waals surface area contributed by atoms with Crippen LogP contribution in [-0.2, 0) is 14.3 Å². The van der Waals surface area contributed by atoms with E-state index in [0.29, 0.717) is 12.5 Å². The molecule has 2 aliphatic rings. The highest BCUT2D eigenvalue weighted by Gasteiger charge is 2.54. The van der Waals surface area contributed by atoms with Gasteiger partial charge in [0.1, 0.15) is 6.29 Å². The van der Waals surface area contributed by atoms with Crippen molar-refractivity contribution in [1.82, 2.24) is 0 Å². The maximum atomic E-state index is 12.2. The summed E-state index contributed by atoms with van der Waals surface area (Å²) in [5.41, 5.74) is 0.277. The summed E-state index contributed by atoms with van der Waals surface area (Å²) in [6.45, 7) is 5.36. The number of carbonyl (C=O) groups is 1. The molecule has 0 N–H and O–H groups in total. The molecule has 0 unspecified atom stereocenters. The summed E-state index contributed by atoms with van der Waals surface area (Å²) >= 11 is 0. The molecular formula is C21H32O3Si. The van der Waals surface area contributed by atoms with Gasteiger partial charge in [0.2, 0.25) is 0 Å². The molecule has 1 aliphatic heterocycles. The Morgan fingerprint density at radius 2 is 1.84 bits per heavy atom. The van der Waals surface area contributed by atoms with E-state index < -0.39 is 8.07 Å². The van der Waals surface area contributed by atoms with Crippen molar-refractivity contribution in [1.29, 1.82) is 0 Å². The molecule has 4 heteroatoms. The zero-order valence-corrected chi connectivity index (χ0v) is 16.8. The molecule has 3 rings (SSSR count). The second-order valence-electron chi connectivity index (χ2n) is 8.32. The molecule has 1 saturated heterocycles. The molecule has 1 aliphatic carbocycles. The third kappa shape index (κ3) is 3.76. The van der Waals surface area contributed by atoms with E-state index in [0.717, 1.165) is 0 Å². The van der Waals surface area contributed by atoms with Gasteiger partial charge in [-0.1, -0.05) is 67.9 Å². The van der Waals surface area contributed by atoms with E-state index in [2.05, 4.69) is 43.4 Å². The lowest BCUT2D eigenvalue weighted by Crippen LogP contribution is -2.52. The van der Waals surface area contributed by atoms with E-state index in [9.17, 15) is 4.79 Å². The van der Waals surface area contributed by atoms with E-state index in [1.165, 1.54) is 43.6 Å².